The van der Waals surface area contributed by atoms with Crippen molar-refractivity contribution in [3.63, 3.8) is 0 Å². The molecule has 0 aliphatic rings. The maximum Gasteiger partial charge on any atom is 0.360 e. The fourth-order valence-electron chi connectivity index (χ4n) is 2.35. The van der Waals surface area contributed by atoms with Gasteiger partial charge in [-0.15, -0.1) is 0 Å². The smallest absolute Gasteiger partial charge is 0.360 e. The van der Waals surface area contributed by atoms with Crippen LogP contribution in [0, 0.1) is 5.82 Å². The largest absolute Gasteiger partial charge is 0.494 e. The Balaban J connectivity index is 2.54. The van der Waals surface area contributed by atoms with Crippen LogP contribution < -0.4 is 10.2 Å². The molecule has 0 saturated heterocycles. The van der Waals surface area contributed by atoms with E-state index in [1.165, 1.54) is 31.4 Å². The van der Waals surface area contributed by atoms with Crippen molar-refractivity contribution in [3.05, 3.63) is 64.2 Å². The molecule has 3 aromatic rings. The van der Waals surface area contributed by atoms with E-state index in [1.807, 2.05) is 0 Å². The first-order chi connectivity index (χ1) is 11.0. The van der Waals surface area contributed by atoms with Gasteiger partial charge in [0, 0.05) is 0 Å². The van der Waals surface area contributed by atoms with Gasteiger partial charge in [0.05, 0.1) is 12.5 Å². The molecule has 0 fully saturated rings. The highest BCUT2D eigenvalue weighted by Crippen LogP contribution is 2.26. The number of hydrogen-bond donors (Lipinski definition) is 1. The fraction of sp³-hybridized carbons (Fsp3) is 0.0625. The molecule has 0 atom stereocenters. The molecule has 7 heteroatoms. The van der Waals surface area contributed by atoms with E-state index in [9.17, 15) is 19.1 Å². The van der Waals surface area contributed by atoms with Gasteiger partial charge in [-0.3, -0.25) is 4.79 Å². The number of aromatic carboxylic acids is 1. The summed E-state index contributed by atoms with van der Waals surface area (Å²) in [6, 6.07) is 10.3. The van der Waals surface area contributed by atoms with Crippen molar-refractivity contribution in [1.29, 1.82) is 0 Å². The van der Waals surface area contributed by atoms with Crippen LogP contribution >= 0.6 is 0 Å². The molecule has 1 N–H and O–H groups in total. The Morgan fingerprint density at radius 2 is 1.96 bits per heavy atom. The number of carbonyl (C=O) groups is 1. The third-order valence-electron chi connectivity index (χ3n) is 3.37. The van der Waals surface area contributed by atoms with E-state index in [0.717, 1.165) is 4.68 Å². The number of nitrogens with zero attached hydrogens (tertiary/aromatic N) is 2. The molecule has 0 bridgehead atoms. The molecule has 3 rings (SSSR count). The van der Waals surface area contributed by atoms with Crippen molar-refractivity contribution in [2.24, 2.45) is 0 Å². The molecule has 0 amide bonds. The second kappa shape index (κ2) is 5.53. The molecule has 0 aliphatic carbocycles. The zero-order chi connectivity index (χ0) is 16.6. The normalized spacial score (nSPS) is 10.7. The van der Waals surface area contributed by atoms with Gasteiger partial charge >= 0.3 is 5.97 Å². The highest BCUT2D eigenvalue weighted by Gasteiger charge is 2.20. The van der Waals surface area contributed by atoms with Gasteiger partial charge in [0.2, 0.25) is 11.1 Å². The number of fused-ring (bicyclic) bond motifs is 1. The first-order valence-electron chi connectivity index (χ1n) is 6.63. The molecular formula is C16H11FN2O4. The van der Waals surface area contributed by atoms with Gasteiger partial charge in [0.15, 0.2) is 0 Å². The quantitative estimate of drug-likeness (QED) is 0.802. The van der Waals surface area contributed by atoms with Crippen LogP contribution in [0.2, 0.25) is 0 Å². The van der Waals surface area contributed by atoms with E-state index in [-0.39, 0.29) is 22.3 Å². The monoisotopic (exact) mass is 314 g/mol. The van der Waals surface area contributed by atoms with Gasteiger partial charge in [-0.1, -0.05) is 18.2 Å². The van der Waals surface area contributed by atoms with Crippen molar-refractivity contribution in [2.75, 3.05) is 7.11 Å². The lowest BCUT2D eigenvalue weighted by atomic mass is 10.1. The Labute approximate surface area is 129 Å². The van der Waals surface area contributed by atoms with Crippen LogP contribution in [0.4, 0.5) is 4.39 Å². The SMILES string of the molecule is COc1cccc2c(=O)c(C(=O)O)nn(-c3ccccc3F)c12. The maximum absolute atomic E-state index is 14.1. The molecule has 0 unspecified atom stereocenters. The van der Waals surface area contributed by atoms with E-state index >= 15 is 0 Å². The number of benzene rings is 2. The highest BCUT2D eigenvalue weighted by atomic mass is 19.1. The molecule has 6 nitrogen and oxygen atoms in total. The Hall–Kier alpha value is -3.22. The fourth-order valence-corrected chi connectivity index (χ4v) is 2.35. The Bertz CT molecular complexity index is 981. The second-order valence-electron chi connectivity index (χ2n) is 4.70. The minimum Gasteiger partial charge on any atom is -0.494 e. The molecule has 0 saturated carbocycles. The number of methoxy groups -OCH3 is 1. The summed E-state index contributed by atoms with van der Waals surface area (Å²) in [7, 11) is 1.40. The Kier molecular flexibility index (Phi) is 3.53. The molecule has 2 aromatic carbocycles. The molecule has 1 heterocycles. The van der Waals surface area contributed by atoms with Gasteiger partial charge in [-0.25, -0.2) is 13.9 Å². The summed E-state index contributed by atoms with van der Waals surface area (Å²) in [5.74, 6) is -1.80. The first-order valence-corrected chi connectivity index (χ1v) is 6.63. The number of para-hydroxylation sites is 2. The van der Waals surface area contributed by atoms with Gasteiger partial charge in [-0.05, 0) is 24.3 Å². The molecule has 0 spiro atoms. The number of halogens is 1. The molecule has 0 aliphatic heterocycles. The van der Waals surface area contributed by atoms with Crippen LogP contribution in [0.1, 0.15) is 10.5 Å². The highest BCUT2D eigenvalue weighted by molar-refractivity contribution is 5.93. The predicted molar refractivity (Wildman–Crippen MR) is 80.8 cm³/mol. The molecular weight excluding hydrogens is 303 g/mol. The van der Waals surface area contributed by atoms with Crippen LogP contribution in [-0.4, -0.2) is 28.0 Å². The van der Waals surface area contributed by atoms with E-state index in [4.69, 9.17) is 4.74 Å². The maximum atomic E-state index is 14.1. The Morgan fingerprint density at radius 3 is 2.61 bits per heavy atom. The average molecular weight is 314 g/mol. The lowest BCUT2D eigenvalue weighted by Crippen LogP contribution is -2.23. The zero-order valence-corrected chi connectivity index (χ0v) is 12.0. The van der Waals surface area contributed by atoms with E-state index < -0.39 is 22.9 Å². The van der Waals surface area contributed by atoms with E-state index in [0.29, 0.717) is 0 Å². The van der Waals surface area contributed by atoms with Gasteiger partial charge in [0.25, 0.3) is 0 Å². The van der Waals surface area contributed by atoms with Gasteiger partial charge in [0.1, 0.15) is 22.8 Å². The van der Waals surface area contributed by atoms with Crippen LogP contribution in [0.3, 0.4) is 0 Å². The predicted octanol–water partition coefficient (Wildman–Crippen LogP) is 2.23. The third kappa shape index (κ3) is 2.32. The summed E-state index contributed by atoms with van der Waals surface area (Å²) in [5.41, 5.74) is -1.22. The number of hydrogen-bond acceptors (Lipinski definition) is 4. The van der Waals surface area contributed by atoms with Gasteiger partial charge in [-0.2, -0.15) is 5.10 Å². The van der Waals surface area contributed by atoms with Crippen LogP contribution in [-0.2, 0) is 0 Å². The number of ether oxygens (including phenoxy) is 1. The van der Waals surface area contributed by atoms with Crippen molar-refractivity contribution in [1.82, 2.24) is 9.78 Å². The first kappa shape index (κ1) is 14.7. The minimum atomic E-state index is -1.48. The van der Waals surface area contributed by atoms with E-state index in [1.54, 1.807) is 18.2 Å². The van der Waals surface area contributed by atoms with Crippen LogP contribution in [0.25, 0.3) is 16.6 Å². The lowest BCUT2D eigenvalue weighted by Gasteiger charge is -2.14. The second-order valence-corrected chi connectivity index (χ2v) is 4.70. The minimum absolute atomic E-state index is 0.0181. The van der Waals surface area contributed by atoms with Crippen LogP contribution in [0.5, 0.6) is 5.75 Å². The van der Waals surface area contributed by atoms with Crippen molar-refractivity contribution in [3.8, 4) is 11.4 Å². The van der Waals surface area contributed by atoms with E-state index in [2.05, 4.69) is 5.10 Å². The molecule has 1 aromatic heterocycles. The van der Waals surface area contributed by atoms with Crippen molar-refractivity contribution in [2.45, 2.75) is 0 Å². The number of aromatic nitrogens is 2. The average Bonchev–Trinajstić information content (AvgIpc) is 2.55. The Morgan fingerprint density at radius 1 is 1.22 bits per heavy atom. The number of rotatable bonds is 3. The zero-order valence-electron chi connectivity index (χ0n) is 12.0. The summed E-state index contributed by atoms with van der Waals surface area (Å²) in [4.78, 5) is 23.6. The van der Waals surface area contributed by atoms with Gasteiger partial charge < -0.3 is 9.84 Å². The number of carboxylic acids is 1. The summed E-state index contributed by atoms with van der Waals surface area (Å²) in [5, 5.41) is 13.1. The molecule has 0 radical (unpaired) electrons. The summed E-state index contributed by atoms with van der Waals surface area (Å²) in [6.45, 7) is 0. The third-order valence-corrected chi connectivity index (χ3v) is 3.37. The summed E-state index contributed by atoms with van der Waals surface area (Å²) < 4.78 is 20.4. The number of carboxylic acid groups (broad SMARTS) is 1. The standard InChI is InChI=1S/C16H11FN2O4/c1-23-12-8-4-5-9-14(12)19(11-7-3-2-6-10(11)17)18-13(15(9)20)16(21)22/h2-8H,1H3,(H,21,22). The lowest BCUT2D eigenvalue weighted by molar-refractivity contribution is 0.0687. The molecule has 23 heavy (non-hydrogen) atoms. The summed E-state index contributed by atoms with van der Waals surface area (Å²) >= 11 is 0. The van der Waals surface area contributed by atoms with Crippen molar-refractivity contribution >= 4 is 16.9 Å². The summed E-state index contributed by atoms with van der Waals surface area (Å²) in [6.07, 6.45) is 0. The topological polar surface area (TPSA) is 81.4 Å². The molecule has 116 valence electrons. The van der Waals surface area contributed by atoms with Crippen LogP contribution in [0.15, 0.2) is 47.3 Å². The van der Waals surface area contributed by atoms with Crippen molar-refractivity contribution < 1.29 is 19.0 Å².